The van der Waals surface area contributed by atoms with Gasteiger partial charge in [-0.1, -0.05) is 112 Å². The van der Waals surface area contributed by atoms with E-state index in [4.69, 9.17) is 14.2 Å². The highest BCUT2D eigenvalue weighted by Gasteiger charge is 2.22. The fourth-order valence-electron chi connectivity index (χ4n) is 5.87. The van der Waals surface area contributed by atoms with Gasteiger partial charge >= 0.3 is 17.9 Å². The zero-order valence-corrected chi connectivity index (χ0v) is 31.2. The summed E-state index contributed by atoms with van der Waals surface area (Å²) in [4.78, 5) is 50.0. The van der Waals surface area contributed by atoms with Gasteiger partial charge in [0.1, 0.15) is 6.04 Å². The molecular formula is C39H73NO7. The van der Waals surface area contributed by atoms with Crippen LogP contribution in [-0.2, 0) is 33.4 Å². The van der Waals surface area contributed by atoms with Gasteiger partial charge in [0.15, 0.2) is 0 Å². The van der Waals surface area contributed by atoms with Gasteiger partial charge in [0.05, 0.1) is 31.7 Å². The van der Waals surface area contributed by atoms with Crippen LogP contribution in [0.3, 0.4) is 0 Å². The van der Waals surface area contributed by atoms with E-state index in [0.29, 0.717) is 32.7 Å². The van der Waals surface area contributed by atoms with E-state index in [1.165, 1.54) is 0 Å². The lowest BCUT2D eigenvalue weighted by atomic mass is 9.97. The van der Waals surface area contributed by atoms with Crippen LogP contribution in [0.25, 0.3) is 0 Å². The van der Waals surface area contributed by atoms with E-state index >= 15 is 0 Å². The van der Waals surface area contributed by atoms with E-state index in [1.54, 1.807) is 0 Å². The Balaban J connectivity index is 4.05. The number of ether oxygens (including phenoxy) is 3. The topological polar surface area (TPSA) is 108 Å². The molecule has 0 bridgehead atoms. The van der Waals surface area contributed by atoms with Crippen molar-refractivity contribution in [3.05, 3.63) is 0 Å². The van der Waals surface area contributed by atoms with Crippen molar-refractivity contribution in [2.45, 2.75) is 195 Å². The van der Waals surface area contributed by atoms with Crippen LogP contribution in [0.1, 0.15) is 189 Å². The van der Waals surface area contributed by atoms with Crippen molar-refractivity contribution in [1.29, 1.82) is 0 Å². The molecule has 0 fully saturated rings. The second-order valence-electron chi connectivity index (χ2n) is 13.3. The second-order valence-corrected chi connectivity index (χ2v) is 13.3. The molecule has 0 aromatic heterocycles. The summed E-state index contributed by atoms with van der Waals surface area (Å²) < 4.78 is 16.6. The molecule has 1 N–H and O–H groups in total. The number of hydrogen-bond donors (Lipinski definition) is 1. The molecule has 3 atom stereocenters. The maximum atomic E-state index is 12.6. The van der Waals surface area contributed by atoms with E-state index in [-0.39, 0.29) is 35.7 Å². The first-order valence-electron chi connectivity index (χ1n) is 19.6. The minimum absolute atomic E-state index is 0.0280. The van der Waals surface area contributed by atoms with Gasteiger partial charge in [-0.3, -0.25) is 14.4 Å². The third-order valence-electron chi connectivity index (χ3n) is 8.77. The number of amides is 1. The Morgan fingerprint density at radius 1 is 0.426 bits per heavy atom. The van der Waals surface area contributed by atoms with Crippen molar-refractivity contribution in [2.24, 2.45) is 11.8 Å². The van der Waals surface area contributed by atoms with E-state index in [1.807, 2.05) is 6.92 Å². The lowest BCUT2D eigenvalue weighted by Crippen LogP contribution is -2.41. The van der Waals surface area contributed by atoms with Gasteiger partial charge in [-0.25, -0.2) is 4.79 Å². The molecule has 8 heteroatoms. The van der Waals surface area contributed by atoms with Crippen LogP contribution < -0.4 is 5.32 Å². The molecule has 8 nitrogen and oxygen atoms in total. The van der Waals surface area contributed by atoms with E-state index in [9.17, 15) is 19.2 Å². The maximum Gasteiger partial charge on any atom is 0.328 e. The quantitative estimate of drug-likeness (QED) is 0.0422. The van der Waals surface area contributed by atoms with Gasteiger partial charge < -0.3 is 19.5 Å². The Kier molecular flexibility index (Phi) is 31.0. The van der Waals surface area contributed by atoms with Crippen LogP contribution in [0.5, 0.6) is 0 Å². The standard InChI is InChI=1S/C39H73NO7/c1-6-11-18-27-33(24-8-3)37(42)45-30-21-15-13-14-20-29-36(41)40-35(26-10-5)39(44)47-32-23-17-16-22-31-46-38(43)34(25-9-4)28-19-12-7-2/h33-35H,6-32H2,1-5H3,(H,40,41)/t33?,34?,35-/m0/s1. The Hall–Kier alpha value is -2.12. The number of carbonyl (C=O) groups is 4. The van der Waals surface area contributed by atoms with Crippen LogP contribution in [0, 0.1) is 11.8 Å². The molecule has 0 heterocycles. The number of rotatable bonds is 33. The number of esters is 3. The van der Waals surface area contributed by atoms with Gasteiger partial charge in [-0.15, -0.1) is 0 Å². The molecule has 1 amide bonds. The predicted octanol–water partition coefficient (Wildman–Crippen LogP) is 9.80. The molecule has 0 radical (unpaired) electrons. The third kappa shape index (κ3) is 25.6. The Labute approximate surface area is 288 Å². The van der Waals surface area contributed by atoms with E-state index in [0.717, 1.165) is 141 Å². The van der Waals surface area contributed by atoms with Crippen LogP contribution in [0.2, 0.25) is 0 Å². The van der Waals surface area contributed by atoms with E-state index in [2.05, 4.69) is 33.0 Å². The first-order chi connectivity index (χ1) is 22.8. The largest absolute Gasteiger partial charge is 0.465 e. The summed E-state index contributed by atoms with van der Waals surface area (Å²) in [7, 11) is 0. The number of nitrogens with one attached hydrogen (secondary N) is 1. The van der Waals surface area contributed by atoms with Crippen molar-refractivity contribution < 1.29 is 33.4 Å². The zero-order valence-electron chi connectivity index (χ0n) is 31.2. The molecular weight excluding hydrogens is 594 g/mol. The molecule has 0 rings (SSSR count). The normalized spacial score (nSPS) is 13.0. The lowest BCUT2D eigenvalue weighted by Gasteiger charge is -2.17. The lowest BCUT2D eigenvalue weighted by molar-refractivity contribution is -0.150. The van der Waals surface area contributed by atoms with Crippen molar-refractivity contribution in [3.63, 3.8) is 0 Å². The summed E-state index contributed by atoms with van der Waals surface area (Å²) in [6, 6.07) is -0.603. The smallest absolute Gasteiger partial charge is 0.328 e. The van der Waals surface area contributed by atoms with Gasteiger partial charge in [-0.2, -0.15) is 0 Å². The van der Waals surface area contributed by atoms with Gasteiger partial charge in [0, 0.05) is 6.42 Å². The minimum atomic E-state index is -0.603. The highest BCUT2D eigenvalue weighted by molar-refractivity contribution is 5.84. The average Bonchev–Trinajstić information content (AvgIpc) is 3.05. The fraction of sp³-hybridized carbons (Fsp3) is 0.897. The summed E-state index contributed by atoms with van der Waals surface area (Å²) in [5.41, 5.74) is 0. The van der Waals surface area contributed by atoms with Gasteiger partial charge in [-0.05, 0) is 70.6 Å². The molecule has 0 saturated carbocycles. The Bertz CT molecular complexity index is 787. The second kappa shape index (κ2) is 32.4. The Morgan fingerprint density at radius 3 is 1.26 bits per heavy atom. The predicted molar refractivity (Wildman–Crippen MR) is 191 cm³/mol. The summed E-state index contributed by atoms with van der Waals surface area (Å²) in [5.74, 6) is -0.495. The average molecular weight is 668 g/mol. The molecule has 0 aliphatic carbocycles. The molecule has 0 spiro atoms. The van der Waals surface area contributed by atoms with Crippen molar-refractivity contribution >= 4 is 23.8 Å². The minimum Gasteiger partial charge on any atom is -0.465 e. The number of unbranched alkanes of at least 4 members (excludes halogenated alkanes) is 11. The van der Waals surface area contributed by atoms with Crippen molar-refractivity contribution in [2.75, 3.05) is 19.8 Å². The first kappa shape index (κ1) is 44.9. The van der Waals surface area contributed by atoms with Gasteiger partial charge in [0.25, 0.3) is 0 Å². The maximum absolute atomic E-state index is 12.6. The molecule has 0 aliphatic heterocycles. The molecule has 0 aliphatic rings. The molecule has 47 heavy (non-hydrogen) atoms. The highest BCUT2D eigenvalue weighted by atomic mass is 16.5. The first-order valence-corrected chi connectivity index (χ1v) is 19.6. The zero-order chi connectivity index (χ0) is 35.0. The number of hydrogen-bond acceptors (Lipinski definition) is 7. The monoisotopic (exact) mass is 668 g/mol. The van der Waals surface area contributed by atoms with Gasteiger partial charge in [0.2, 0.25) is 5.91 Å². The molecule has 276 valence electrons. The third-order valence-corrected chi connectivity index (χ3v) is 8.77. The van der Waals surface area contributed by atoms with Crippen molar-refractivity contribution in [3.8, 4) is 0 Å². The summed E-state index contributed by atoms with van der Waals surface area (Å²) in [5, 5.41) is 2.87. The summed E-state index contributed by atoms with van der Waals surface area (Å²) in [6.45, 7) is 11.8. The molecule has 0 aromatic carbocycles. The molecule has 0 saturated heterocycles. The SMILES string of the molecule is CCCCCC(CCC)C(=O)OCCCCCCCC(=O)N[C@@H](CCC)C(=O)OCCCCCCOC(=O)C(CCC)CCCCC. The van der Waals surface area contributed by atoms with Crippen LogP contribution >= 0.6 is 0 Å². The molecule has 0 aromatic rings. The highest BCUT2D eigenvalue weighted by Crippen LogP contribution is 2.19. The van der Waals surface area contributed by atoms with Crippen LogP contribution in [0.4, 0.5) is 0 Å². The Morgan fingerprint density at radius 2 is 0.830 bits per heavy atom. The van der Waals surface area contributed by atoms with E-state index < -0.39 is 6.04 Å². The summed E-state index contributed by atoms with van der Waals surface area (Å²) >= 11 is 0. The molecule has 2 unspecified atom stereocenters. The number of carbonyl (C=O) groups excluding carboxylic acids is 4. The summed E-state index contributed by atoms with van der Waals surface area (Å²) in [6.07, 6.45) is 22.1. The van der Waals surface area contributed by atoms with Crippen molar-refractivity contribution in [1.82, 2.24) is 5.32 Å². The fourth-order valence-corrected chi connectivity index (χ4v) is 5.87. The van der Waals surface area contributed by atoms with Crippen LogP contribution in [0.15, 0.2) is 0 Å². The van der Waals surface area contributed by atoms with Crippen LogP contribution in [-0.4, -0.2) is 49.7 Å².